The molecule has 1 amide bonds. The van der Waals surface area contributed by atoms with Crippen molar-refractivity contribution in [3.63, 3.8) is 0 Å². The van der Waals surface area contributed by atoms with E-state index in [1.807, 2.05) is 47.1 Å². The lowest BCUT2D eigenvalue weighted by Gasteiger charge is -2.15. The van der Waals surface area contributed by atoms with Gasteiger partial charge in [-0.1, -0.05) is 12.1 Å². The van der Waals surface area contributed by atoms with Gasteiger partial charge in [-0.3, -0.25) is 9.48 Å². The number of hydrogen-bond acceptors (Lipinski definition) is 4. The zero-order valence-corrected chi connectivity index (χ0v) is 13.7. The summed E-state index contributed by atoms with van der Waals surface area (Å²) in [6.45, 7) is 3.37. The first-order chi connectivity index (χ1) is 11.7. The molecule has 1 aromatic carbocycles. The summed E-state index contributed by atoms with van der Waals surface area (Å²) in [7, 11) is 1.59. The van der Waals surface area contributed by atoms with Crippen molar-refractivity contribution in [1.82, 2.24) is 14.7 Å². The van der Waals surface area contributed by atoms with Crippen molar-refractivity contribution in [2.75, 3.05) is 20.2 Å². The monoisotopic (exact) mass is 325 g/mol. The molecule has 4 rings (SSSR count). The highest BCUT2D eigenvalue weighted by Gasteiger charge is 2.30. The van der Waals surface area contributed by atoms with Crippen LogP contribution in [0.25, 0.3) is 11.0 Å². The number of nitrogens with zero attached hydrogens (tertiary/aromatic N) is 3. The van der Waals surface area contributed by atoms with Gasteiger partial charge in [0, 0.05) is 24.7 Å². The summed E-state index contributed by atoms with van der Waals surface area (Å²) in [6, 6.07) is 7.63. The van der Waals surface area contributed by atoms with E-state index in [1.165, 1.54) is 0 Å². The molecule has 3 aromatic rings. The number of amides is 1. The minimum absolute atomic E-state index is 0.0837. The first kappa shape index (κ1) is 14.8. The fraction of sp³-hybridized carbons (Fsp3) is 0.333. The number of furan rings is 1. The predicted octanol–water partition coefficient (Wildman–Crippen LogP) is 3.03. The Morgan fingerprint density at radius 3 is 3.04 bits per heavy atom. The summed E-state index contributed by atoms with van der Waals surface area (Å²) in [5, 5.41) is 5.23. The molecule has 6 nitrogen and oxygen atoms in total. The van der Waals surface area contributed by atoms with Crippen LogP contribution in [0.4, 0.5) is 0 Å². The van der Waals surface area contributed by atoms with Crippen molar-refractivity contribution in [2.45, 2.75) is 19.4 Å². The van der Waals surface area contributed by atoms with Crippen LogP contribution in [-0.2, 0) is 0 Å². The second kappa shape index (κ2) is 5.70. The molecule has 24 heavy (non-hydrogen) atoms. The van der Waals surface area contributed by atoms with Crippen LogP contribution in [-0.4, -0.2) is 40.8 Å². The van der Waals surface area contributed by atoms with Crippen LogP contribution >= 0.6 is 0 Å². The van der Waals surface area contributed by atoms with E-state index in [2.05, 4.69) is 5.10 Å². The summed E-state index contributed by atoms with van der Waals surface area (Å²) in [5.74, 6) is 0.907. The minimum atomic E-state index is -0.0837. The van der Waals surface area contributed by atoms with E-state index in [9.17, 15) is 4.79 Å². The maximum absolute atomic E-state index is 12.8. The first-order valence-corrected chi connectivity index (χ1v) is 8.02. The number of carbonyl (C=O) groups excluding carboxylic acids is 1. The van der Waals surface area contributed by atoms with Gasteiger partial charge in [0.1, 0.15) is 0 Å². The summed E-state index contributed by atoms with van der Waals surface area (Å²) in [6.07, 6.45) is 4.76. The number of aryl methyl sites for hydroxylation is 1. The number of carbonyl (C=O) groups is 1. The van der Waals surface area contributed by atoms with Gasteiger partial charge in [0.05, 0.1) is 19.3 Å². The Hall–Kier alpha value is -2.76. The second-order valence-electron chi connectivity index (χ2n) is 6.18. The molecule has 0 bridgehead atoms. The molecule has 2 aromatic heterocycles. The standard InChI is InChI=1S/C18H19N3O3/c1-12-9-19-21(10-12)14-6-7-20(11-14)18(22)16-8-13-4-3-5-15(23-2)17(13)24-16/h3-5,8-10,14H,6-7,11H2,1-2H3. The van der Waals surface area contributed by atoms with E-state index in [1.54, 1.807) is 13.2 Å². The molecule has 1 fully saturated rings. The van der Waals surface area contributed by atoms with E-state index in [0.717, 1.165) is 17.4 Å². The third-order valence-corrected chi connectivity index (χ3v) is 4.49. The molecule has 1 saturated heterocycles. The summed E-state index contributed by atoms with van der Waals surface area (Å²) >= 11 is 0. The van der Waals surface area contributed by atoms with Crippen LogP contribution in [0.5, 0.6) is 5.75 Å². The second-order valence-corrected chi connectivity index (χ2v) is 6.18. The van der Waals surface area contributed by atoms with Crippen LogP contribution in [0.1, 0.15) is 28.6 Å². The third kappa shape index (κ3) is 2.44. The molecular formula is C18H19N3O3. The maximum atomic E-state index is 12.8. The van der Waals surface area contributed by atoms with Gasteiger partial charge in [-0.15, -0.1) is 0 Å². The molecule has 1 unspecified atom stereocenters. The molecule has 0 aliphatic carbocycles. The lowest BCUT2D eigenvalue weighted by Crippen LogP contribution is -2.28. The van der Waals surface area contributed by atoms with E-state index in [-0.39, 0.29) is 11.9 Å². The molecule has 1 aliphatic rings. The topological polar surface area (TPSA) is 60.5 Å². The van der Waals surface area contributed by atoms with Crippen molar-refractivity contribution >= 4 is 16.9 Å². The first-order valence-electron chi connectivity index (χ1n) is 8.02. The molecule has 124 valence electrons. The third-order valence-electron chi connectivity index (χ3n) is 4.49. The van der Waals surface area contributed by atoms with Crippen molar-refractivity contribution in [2.24, 2.45) is 0 Å². The van der Waals surface area contributed by atoms with Crippen LogP contribution in [0.2, 0.25) is 0 Å². The van der Waals surface area contributed by atoms with Crippen molar-refractivity contribution in [3.8, 4) is 5.75 Å². The predicted molar refractivity (Wildman–Crippen MR) is 89.3 cm³/mol. The van der Waals surface area contributed by atoms with E-state index in [0.29, 0.717) is 30.2 Å². The Balaban J connectivity index is 1.56. The maximum Gasteiger partial charge on any atom is 0.289 e. The SMILES string of the molecule is COc1cccc2cc(C(=O)N3CCC(n4cc(C)cn4)C3)oc12. The number of ether oxygens (including phenoxy) is 1. The Labute approximate surface area is 139 Å². The number of likely N-dealkylation sites (tertiary alicyclic amines) is 1. The quantitative estimate of drug-likeness (QED) is 0.742. The van der Waals surface area contributed by atoms with Gasteiger partial charge in [0.2, 0.25) is 0 Å². The number of methoxy groups -OCH3 is 1. The fourth-order valence-electron chi connectivity index (χ4n) is 3.23. The van der Waals surface area contributed by atoms with Crippen LogP contribution in [0.3, 0.4) is 0 Å². The Kier molecular flexibility index (Phi) is 3.52. The fourth-order valence-corrected chi connectivity index (χ4v) is 3.23. The molecular weight excluding hydrogens is 306 g/mol. The van der Waals surface area contributed by atoms with Crippen molar-refractivity contribution in [1.29, 1.82) is 0 Å². The molecule has 0 N–H and O–H groups in total. The summed E-state index contributed by atoms with van der Waals surface area (Å²) < 4.78 is 13.0. The van der Waals surface area contributed by atoms with Crippen LogP contribution in [0, 0.1) is 6.92 Å². The highest BCUT2D eigenvalue weighted by atomic mass is 16.5. The lowest BCUT2D eigenvalue weighted by atomic mass is 10.2. The lowest BCUT2D eigenvalue weighted by molar-refractivity contribution is 0.0757. The van der Waals surface area contributed by atoms with Gasteiger partial charge in [0.15, 0.2) is 17.1 Å². The average molecular weight is 325 g/mol. The number of aromatic nitrogens is 2. The number of para-hydroxylation sites is 1. The zero-order chi connectivity index (χ0) is 16.7. The number of rotatable bonds is 3. The van der Waals surface area contributed by atoms with E-state index in [4.69, 9.17) is 9.15 Å². The molecule has 1 atom stereocenters. The molecule has 0 radical (unpaired) electrons. The van der Waals surface area contributed by atoms with E-state index < -0.39 is 0 Å². The molecule has 6 heteroatoms. The van der Waals surface area contributed by atoms with Gasteiger partial charge >= 0.3 is 0 Å². The Bertz CT molecular complexity index is 896. The highest BCUT2D eigenvalue weighted by Crippen LogP contribution is 2.30. The minimum Gasteiger partial charge on any atom is -0.493 e. The van der Waals surface area contributed by atoms with E-state index >= 15 is 0 Å². The number of benzene rings is 1. The van der Waals surface area contributed by atoms with Gasteiger partial charge in [-0.2, -0.15) is 5.10 Å². The van der Waals surface area contributed by atoms with Crippen molar-refractivity contribution in [3.05, 3.63) is 48.0 Å². The van der Waals surface area contributed by atoms with Gasteiger partial charge in [-0.05, 0) is 31.0 Å². The average Bonchev–Trinajstić information content (AvgIpc) is 3.31. The molecule has 0 saturated carbocycles. The largest absolute Gasteiger partial charge is 0.493 e. The van der Waals surface area contributed by atoms with Crippen LogP contribution < -0.4 is 4.74 Å². The highest BCUT2D eigenvalue weighted by molar-refractivity contribution is 5.97. The number of hydrogen-bond donors (Lipinski definition) is 0. The van der Waals surface area contributed by atoms with Gasteiger partial charge in [0.25, 0.3) is 5.91 Å². The normalized spacial score (nSPS) is 17.6. The summed E-state index contributed by atoms with van der Waals surface area (Å²) in [5.41, 5.74) is 1.74. The Morgan fingerprint density at radius 1 is 1.42 bits per heavy atom. The Morgan fingerprint density at radius 2 is 2.29 bits per heavy atom. The van der Waals surface area contributed by atoms with Crippen LogP contribution in [0.15, 0.2) is 41.1 Å². The molecule has 1 aliphatic heterocycles. The van der Waals surface area contributed by atoms with Gasteiger partial charge in [-0.25, -0.2) is 0 Å². The smallest absolute Gasteiger partial charge is 0.289 e. The summed E-state index contributed by atoms with van der Waals surface area (Å²) in [4.78, 5) is 14.6. The number of fused-ring (bicyclic) bond motifs is 1. The van der Waals surface area contributed by atoms with Crippen molar-refractivity contribution < 1.29 is 13.9 Å². The zero-order valence-electron chi connectivity index (χ0n) is 13.7. The molecule has 0 spiro atoms. The molecule has 3 heterocycles. The van der Waals surface area contributed by atoms with Gasteiger partial charge < -0.3 is 14.1 Å².